The number of aromatic nitrogens is 2. The molecule has 1 fully saturated rings. The summed E-state index contributed by atoms with van der Waals surface area (Å²) in [5.74, 6) is 0. The van der Waals surface area contributed by atoms with Gasteiger partial charge in [0.15, 0.2) is 0 Å². The molecule has 1 aromatic heterocycles. The minimum atomic E-state index is -3.41. The Bertz CT molecular complexity index is 995. The van der Waals surface area contributed by atoms with Crippen LogP contribution in [0.15, 0.2) is 65.8 Å². The van der Waals surface area contributed by atoms with E-state index in [-0.39, 0.29) is 0 Å². The predicted octanol–water partition coefficient (Wildman–Crippen LogP) is 2.14. The molecule has 2 aromatic carbocycles. The number of nitrogens with zero attached hydrogens (tertiary/aromatic N) is 4. The topological polar surface area (TPSA) is 66.4 Å². The summed E-state index contributed by atoms with van der Waals surface area (Å²) in [6, 6.07) is 14.6. The van der Waals surface area contributed by atoms with Crippen LogP contribution in [-0.2, 0) is 16.6 Å². The largest absolute Gasteiger partial charge is 0.296 e. The fourth-order valence-corrected chi connectivity index (χ4v) is 4.73. The van der Waals surface area contributed by atoms with Gasteiger partial charge in [-0.15, -0.1) is 0 Å². The number of benzene rings is 2. The van der Waals surface area contributed by atoms with E-state index in [0.29, 0.717) is 31.1 Å². The van der Waals surface area contributed by atoms with Crippen LogP contribution in [0.3, 0.4) is 0 Å². The van der Waals surface area contributed by atoms with Crippen LogP contribution in [0.25, 0.3) is 11.0 Å². The van der Waals surface area contributed by atoms with Gasteiger partial charge in [0.25, 0.3) is 0 Å². The third-order valence-corrected chi connectivity index (χ3v) is 6.60. The molecule has 1 saturated heterocycles. The molecule has 0 bridgehead atoms. The second kappa shape index (κ2) is 7.11. The van der Waals surface area contributed by atoms with Crippen LogP contribution in [-0.4, -0.2) is 53.8 Å². The van der Waals surface area contributed by atoms with Crippen molar-refractivity contribution in [2.45, 2.75) is 11.4 Å². The fourth-order valence-electron chi connectivity index (χ4n) is 3.29. The van der Waals surface area contributed by atoms with E-state index in [1.54, 1.807) is 41.0 Å². The molecule has 0 aliphatic carbocycles. The maximum Gasteiger partial charge on any atom is 0.243 e. The van der Waals surface area contributed by atoms with E-state index in [9.17, 15) is 8.42 Å². The van der Waals surface area contributed by atoms with E-state index < -0.39 is 10.0 Å². The summed E-state index contributed by atoms with van der Waals surface area (Å²) in [5.41, 5.74) is 2.92. The van der Waals surface area contributed by atoms with Crippen LogP contribution in [0.1, 0.15) is 5.56 Å². The second-order valence-corrected chi connectivity index (χ2v) is 8.27. The van der Waals surface area contributed by atoms with Crippen LogP contribution in [0.5, 0.6) is 0 Å². The van der Waals surface area contributed by atoms with Gasteiger partial charge in [-0.25, -0.2) is 8.42 Å². The van der Waals surface area contributed by atoms with E-state index >= 15 is 0 Å². The first-order valence-corrected chi connectivity index (χ1v) is 10.0. The zero-order chi connectivity index (χ0) is 18.0. The van der Waals surface area contributed by atoms with E-state index in [1.807, 2.05) is 18.2 Å². The summed E-state index contributed by atoms with van der Waals surface area (Å²) in [6.07, 6.45) is 3.40. The van der Waals surface area contributed by atoms with E-state index in [0.717, 1.165) is 23.1 Å². The summed E-state index contributed by atoms with van der Waals surface area (Å²) in [7, 11) is -3.41. The Hall–Kier alpha value is -2.35. The van der Waals surface area contributed by atoms with Gasteiger partial charge in [0.1, 0.15) is 0 Å². The number of sulfonamides is 1. The maximum absolute atomic E-state index is 12.7. The third kappa shape index (κ3) is 3.33. The highest BCUT2D eigenvalue weighted by atomic mass is 32.2. The zero-order valence-corrected chi connectivity index (χ0v) is 15.1. The second-order valence-electron chi connectivity index (χ2n) is 6.33. The number of hydrogen-bond donors (Lipinski definition) is 0. The number of hydrogen-bond acceptors (Lipinski definition) is 5. The summed E-state index contributed by atoms with van der Waals surface area (Å²) in [4.78, 5) is 11.4. The molecule has 0 N–H and O–H groups in total. The molecule has 1 aliphatic heterocycles. The van der Waals surface area contributed by atoms with Crippen molar-refractivity contribution in [2.75, 3.05) is 26.2 Å². The van der Waals surface area contributed by atoms with Crippen LogP contribution >= 0.6 is 0 Å². The van der Waals surface area contributed by atoms with Crippen molar-refractivity contribution < 1.29 is 8.42 Å². The quantitative estimate of drug-likeness (QED) is 0.706. The summed E-state index contributed by atoms with van der Waals surface area (Å²) < 4.78 is 27.0. The Labute approximate surface area is 153 Å². The average Bonchev–Trinajstić information content (AvgIpc) is 2.69. The van der Waals surface area contributed by atoms with Crippen molar-refractivity contribution in [1.82, 2.24) is 19.2 Å². The smallest absolute Gasteiger partial charge is 0.243 e. The molecular weight excluding hydrogens is 348 g/mol. The highest BCUT2D eigenvalue weighted by Gasteiger charge is 2.28. The van der Waals surface area contributed by atoms with Crippen molar-refractivity contribution in [3.8, 4) is 0 Å². The van der Waals surface area contributed by atoms with Gasteiger partial charge in [-0.3, -0.25) is 14.9 Å². The lowest BCUT2D eigenvalue weighted by Gasteiger charge is -2.34. The summed E-state index contributed by atoms with van der Waals surface area (Å²) in [5, 5.41) is 0. The Morgan fingerprint density at radius 3 is 2.35 bits per heavy atom. The number of piperazine rings is 1. The molecule has 7 heteroatoms. The summed E-state index contributed by atoms with van der Waals surface area (Å²) in [6.45, 7) is 3.13. The van der Waals surface area contributed by atoms with E-state index in [4.69, 9.17) is 0 Å². The first kappa shape index (κ1) is 17.1. The molecule has 6 nitrogen and oxygen atoms in total. The molecule has 0 saturated carbocycles. The monoisotopic (exact) mass is 368 g/mol. The minimum Gasteiger partial charge on any atom is -0.296 e. The van der Waals surface area contributed by atoms with Gasteiger partial charge in [0, 0.05) is 45.1 Å². The SMILES string of the molecule is O=S(=O)(c1ccccc1)N1CCN(Cc2cccc3nccnc23)CC1. The Kier molecular flexibility index (Phi) is 4.67. The van der Waals surface area contributed by atoms with Gasteiger partial charge in [-0.05, 0) is 23.8 Å². The van der Waals surface area contributed by atoms with Crippen LogP contribution in [0.2, 0.25) is 0 Å². The lowest BCUT2D eigenvalue weighted by Crippen LogP contribution is -2.48. The normalized spacial score (nSPS) is 16.8. The average molecular weight is 368 g/mol. The van der Waals surface area contributed by atoms with Gasteiger partial charge in [-0.2, -0.15) is 4.31 Å². The lowest BCUT2D eigenvalue weighted by molar-refractivity contribution is 0.182. The van der Waals surface area contributed by atoms with Crippen molar-refractivity contribution in [1.29, 1.82) is 0 Å². The first-order valence-electron chi connectivity index (χ1n) is 8.61. The number of para-hydroxylation sites is 1. The van der Waals surface area contributed by atoms with Crippen molar-refractivity contribution in [2.24, 2.45) is 0 Å². The Balaban J connectivity index is 1.46. The molecular formula is C19H20N4O2S. The molecule has 4 rings (SSSR count). The van der Waals surface area contributed by atoms with Crippen molar-refractivity contribution >= 4 is 21.1 Å². The molecule has 0 unspecified atom stereocenters. The lowest BCUT2D eigenvalue weighted by atomic mass is 10.1. The predicted molar refractivity (Wildman–Crippen MR) is 100 cm³/mol. The molecule has 0 spiro atoms. The first-order chi connectivity index (χ1) is 12.6. The minimum absolute atomic E-state index is 0.359. The molecule has 0 atom stereocenters. The summed E-state index contributed by atoms with van der Waals surface area (Å²) >= 11 is 0. The van der Waals surface area contributed by atoms with Gasteiger partial charge in [0.05, 0.1) is 15.9 Å². The maximum atomic E-state index is 12.7. The number of fused-ring (bicyclic) bond motifs is 1. The van der Waals surface area contributed by atoms with Gasteiger partial charge in [-0.1, -0.05) is 30.3 Å². The van der Waals surface area contributed by atoms with Crippen molar-refractivity contribution in [3.63, 3.8) is 0 Å². The van der Waals surface area contributed by atoms with E-state index in [2.05, 4.69) is 20.9 Å². The highest BCUT2D eigenvalue weighted by molar-refractivity contribution is 7.89. The molecule has 0 amide bonds. The van der Waals surface area contributed by atoms with Crippen LogP contribution in [0, 0.1) is 0 Å². The highest BCUT2D eigenvalue weighted by Crippen LogP contribution is 2.20. The molecule has 0 radical (unpaired) electrons. The molecule has 26 heavy (non-hydrogen) atoms. The number of rotatable bonds is 4. The van der Waals surface area contributed by atoms with Crippen LogP contribution in [0.4, 0.5) is 0 Å². The molecule has 3 aromatic rings. The molecule has 134 valence electrons. The molecule has 1 aliphatic rings. The van der Waals surface area contributed by atoms with Gasteiger partial charge in [0.2, 0.25) is 10.0 Å². The van der Waals surface area contributed by atoms with Gasteiger partial charge >= 0.3 is 0 Å². The Morgan fingerprint density at radius 2 is 1.58 bits per heavy atom. The third-order valence-electron chi connectivity index (χ3n) is 4.69. The zero-order valence-electron chi connectivity index (χ0n) is 14.3. The van der Waals surface area contributed by atoms with Crippen molar-refractivity contribution in [3.05, 3.63) is 66.5 Å². The standard InChI is InChI=1S/C19H20N4O2S/c24-26(25,17-6-2-1-3-7-17)23-13-11-22(12-14-23)15-16-5-4-8-18-19(16)21-10-9-20-18/h1-10H,11-15H2. The van der Waals surface area contributed by atoms with E-state index in [1.165, 1.54) is 0 Å². The molecule has 2 heterocycles. The Morgan fingerprint density at radius 1 is 0.846 bits per heavy atom. The van der Waals surface area contributed by atoms with Crippen LogP contribution < -0.4 is 0 Å². The fraction of sp³-hybridized carbons (Fsp3) is 0.263. The van der Waals surface area contributed by atoms with Gasteiger partial charge < -0.3 is 0 Å².